The van der Waals surface area contributed by atoms with Gasteiger partial charge in [-0.1, -0.05) is 24.3 Å². The summed E-state index contributed by atoms with van der Waals surface area (Å²) >= 11 is 0. The Morgan fingerprint density at radius 1 is 1.37 bits per heavy atom. The summed E-state index contributed by atoms with van der Waals surface area (Å²) in [5.41, 5.74) is 1.82. The molecule has 1 aromatic rings. The third-order valence-corrected chi connectivity index (χ3v) is 3.49. The highest BCUT2D eigenvalue weighted by Crippen LogP contribution is 2.13. The second-order valence-corrected chi connectivity index (χ2v) is 5.16. The molecule has 1 aliphatic rings. The van der Waals surface area contributed by atoms with Crippen molar-refractivity contribution in [3.8, 4) is 0 Å². The number of hydrogen-bond donors (Lipinski definition) is 1. The van der Waals surface area contributed by atoms with E-state index in [9.17, 15) is 9.59 Å². The zero-order valence-corrected chi connectivity index (χ0v) is 11.5. The Balaban J connectivity index is 1.91. The molecule has 19 heavy (non-hydrogen) atoms. The lowest BCUT2D eigenvalue weighted by molar-refractivity contribution is -0.119. The molecule has 102 valence electrons. The SMILES string of the molecule is CC(=O)NC1CCN(CC(=O)c2ccccc2C)C1. The highest BCUT2D eigenvalue weighted by atomic mass is 16.1. The van der Waals surface area contributed by atoms with E-state index in [1.165, 1.54) is 6.92 Å². The van der Waals surface area contributed by atoms with Gasteiger partial charge in [-0.3, -0.25) is 14.5 Å². The molecule has 1 unspecified atom stereocenters. The summed E-state index contributed by atoms with van der Waals surface area (Å²) in [4.78, 5) is 25.3. The van der Waals surface area contributed by atoms with Crippen molar-refractivity contribution in [2.24, 2.45) is 0 Å². The van der Waals surface area contributed by atoms with E-state index in [0.29, 0.717) is 6.54 Å². The van der Waals surface area contributed by atoms with E-state index in [1.54, 1.807) is 0 Å². The van der Waals surface area contributed by atoms with Crippen LogP contribution >= 0.6 is 0 Å². The van der Waals surface area contributed by atoms with Crippen molar-refractivity contribution in [3.05, 3.63) is 35.4 Å². The van der Waals surface area contributed by atoms with Crippen LogP contribution in [-0.2, 0) is 4.79 Å². The van der Waals surface area contributed by atoms with Crippen molar-refractivity contribution in [3.63, 3.8) is 0 Å². The van der Waals surface area contributed by atoms with Crippen LogP contribution in [0.1, 0.15) is 29.3 Å². The van der Waals surface area contributed by atoms with E-state index in [1.807, 2.05) is 31.2 Å². The second-order valence-electron chi connectivity index (χ2n) is 5.16. The van der Waals surface area contributed by atoms with Crippen LogP contribution in [0, 0.1) is 6.92 Å². The summed E-state index contributed by atoms with van der Waals surface area (Å²) in [6.07, 6.45) is 0.917. The minimum Gasteiger partial charge on any atom is -0.352 e. The number of hydrogen-bond acceptors (Lipinski definition) is 3. The fourth-order valence-corrected chi connectivity index (χ4v) is 2.56. The molecule has 0 aromatic heterocycles. The highest BCUT2D eigenvalue weighted by molar-refractivity contribution is 5.98. The van der Waals surface area contributed by atoms with E-state index in [4.69, 9.17) is 0 Å². The number of ketones is 1. The van der Waals surface area contributed by atoms with Gasteiger partial charge in [0, 0.05) is 31.6 Å². The molecule has 0 aliphatic carbocycles. The number of nitrogens with one attached hydrogen (secondary N) is 1. The van der Waals surface area contributed by atoms with Crippen LogP contribution in [0.5, 0.6) is 0 Å². The average Bonchev–Trinajstić information content (AvgIpc) is 2.76. The van der Waals surface area contributed by atoms with Crippen molar-refractivity contribution in [2.75, 3.05) is 19.6 Å². The lowest BCUT2D eigenvalue weighted by Crippen LogP contribution is -2.36. The first-order valence-electron chi connectivity index (χ1n) is 6.64. The van der Waals surface area contributed by atoms with Crippen LogP contribution in [0.3, 0.4) is 0 Å². The summed E-state index contributed by atoms with van der Waals surface area (Å²) in [5, 5.41) is 2.90. The number of carbonyl (C=O) groups is 2. The smallest absolute Gasteiger partial charge is 0.217 e. The molecule has 0 spiro atoms. The Hall–Kier alpha value is -1.68. The Morgan fingerprint density at radius 3 is 2.79 bits per heavy atom. The molecule has 1 aliphatic heterocycles. The van der Waals surface area contributed by atoms with E-state index >= 15 is 0 Å². The van der Waals surface area contributed by atoms with Gasteiger partial charge in [0.1, 0.15) is 0 Å². The molecule has 1 saturated heterocycles. The van der Waals surface area contributed by atoms with E-state index in [0.717, 1.165) is 30.6 Å². The molecule has 0 saturated carbocycles. The van der Waals surface area contributed by atoms with Crippen LogP contribution in [0.15, 0.2) is 24.3 Å². The van der Waals surface area contributed by atoms with Crippen LogP contribution in [0.2, 0.25) is 0 Å². The maximum absolute atomic E-state index is 12.2. The predicted molar refractivity (Wildman–Crippen MR) is 74.2 cm³/mol. The molecule has 0 radical (unpaired) electrons. The third kappa shape index (κ3) is 3.64. The zero-order valence-electron chi connectivity index (χ0n) is 11.5. The van der Waals surface area contributed by atoms with Crippen LogP contribution in [-0.4, -0.2) is 42.3 Å². The van der Waals surface area contributed by atoms with Gasteiger partial charge in [-0.05, 0) is 18.9 Å². The van der Waals surface area contributed by atoms with E-state index in [-0.39, 0.29) is 17.7 Å². The van der Waals surface area contributed by atoms with E-state index < -0.39 is 0 Å². The summed E-state index contributed by atoms with van der Waals surface area (Å²) in [7, 11) is 0. The quantitative estimate of drug-likeness (QED) is 0.832. The van der Waals surface area contributed by atoms with Gasteiger partial charge in [0.25, 0.3) is 0 Å². The summed E-state index contributed by atoms with van der Waals surface area (Å²) in [6, 6.07) is 7.84. The zero-order chi connectivity index (χ0) is 13.8. The van der Waals surface area contributed by atoms with Gasteiger partial charge in [0.15, 0.2) is 5.78 Å². The average molecular weight is 260 g/mol. The molecule has 0 bridgehead atoms. The maximum Gasteiger partial charge on any atom is 0.217 e. The predicted octanol–water partition coefficient (Wildman–Crippen LogP) is 1.39. The number of carbonyl (C=O) groups excluding carboxylic acids is 2. The molecule has 1 heterocycles. The molecule has 1 N–H and O–H groups in total. The minimum atomic E-state index is -0.00270. The summed E-state index contributed by atoms with van der Waals surface area (Å²) in [5.74, 6) is 0.152. The van der Waals surface area contributed by atoms with Gasteiger partial charge >= 0.3 is 0 Å². The van der Waals surface area contributed by atoms with Gasteiger partial charge in [0.05, 0.1) is 6.54 Å². The van der Waals surface area contributed by atoms with Crippen molar-refractivity contribution >= 4 is 11.7 Å². The number of likely N-dealkylation sites (tertiary alicyclic amines) is 1. The number of nitrogens with zero attached hydrogens (tertiary/aromatic N) is 1. The molecule has 4 heteroatoms. The lowest BCUT2D eigenvalue weighted by Gasteiger charge is -2.16. The standard InChI is InChI=1S/C15H20N2O2/c1-11-5-3-4-6-14(11)15(19)10-17-8-7-13(9-17)16-12(2)18/h3-6,13H,7-10H2,1-2H3,(H,16,18). The Labute approximate surface area is 113 Å². The van der Waals surface area contributed by atoms with Crippen molar-refractivity contribution < 1.29 is 9.59 Å². The molecule has 1 atom stereocenters. The van der Waals surface area contributed by atoms with Crippen LogP contribution < -0.4 is 5.32 Å². The topological polar surface area (TPSA) is 49.4 Å². The van der Waals surface area contributed by atoms with Gasteiger partial charge in [-0.15, -0.1) is 0 Å². The highest BCUT2D eigenvalue weighted by Gasteiger charge is 2.24. The first kappa shape index (κ1) is 13.7. The monoisotopic (exact) mass is 260 g/mol. The Morgan fingerprint density at radius 2 is 2.11 bits per heavy atom. The molecule has 2 rings (SSSR count). The van der Waals surface area contributed by atoms with Crippen molar-refractivity contribution in [1.29, 1.82) is 0 Å². The van der Waals surface area contributed by atoms with Crippen LogP contribution in [0.25, 0.3) is 0 Å². The van der Waals surface area contributed by atoms with Gasteiger partial charge in [-0.2, -0.15) is 0 Å². The third-order valence-electron chi connectivity index (χ3n) is 3.49. The van der Waals surface area contributed by atoms with Crippen LogP contribution in [0.4, 0.5) is 0 Å². The number of rotatable bonds is 4. The fourth-order valence-electron chi connectivity index (χ4n) is 2.56. The first-order valence-corrected chi connectivity index (χ1v) is 6.64. The second kappa shape index (κ2) is 5.97. The van der Waals surface area contributed by atoms with Gasteiger partial charge in [-0.25, -0.2) is 0 Å². The molecule has 4 nitrogen and oxygen atoms in total. The molecule has 1 fully saturated rings. The number of amides is 1. The normalized spacial score (nSPS) is 19.4. The van der Waals surface area contributed by atoms with Gasteiger partial charge in [0.2, 0.25) is 5.91 Å². The van der Waals surface area contributed by atoms with Crippen molar-refractivity contribution in [2.45, 2.75) is 26.3 Å². The van der Waals surface area contributed by atoms with Crippen molar-refractivity contribution in [1.82, 2.24) is 10.2 Å². The summed E-state index contributed by atoms with van der Waals surface area (Å²) in [6.45, 7) is 5.54. The van der Waals surface area contributed by atoms with E-state index in [2.05, 4.69) is 10.2 Å². The lowest BCUT2D eigenvalue weighted by atomic mass is 10.0. The Kier molecular flexibility index (Phi) is 4.32. The maximum atomic E-state index is 12.2. The fraction of sp³-hybridized carbons (Fsp3) is 0.467. The molecule has 1 amide bonds. The molecular weight excluding hydrogens is 240 g/mol. The molecule has 1 aromatic carbocycles. The number of Topliss-reactive ketones (excluding diaryl/α,β-unsaturated/α-hetero) is 1. The first-order chi connectivity index (χ1) is 9.06. The minimum absolute atomic E-state index is 0.00270. The number of aryl methyl sites for hydroxylation is 1. The largest absolute Gasteiger partial charge is 0.352 e. The molecular formula is C15H20N2O2. The number of benzene rings is 1. The Bertz CT molecular complexity index is 485. The van der Waals surface area contributed by atoms with Gasteiger partial charge < -0.3 is 5.32 Å². The summed E-state index contributed by atoms with van der Waals surface area (Å²) < 4.78 is 0.